The van der Waals surface area contributed by atoms with Crippen LogP contribution >= 0.6 is 0 Å². The van der Waals surface area contributed by atoms with Gasteiger partial charge in [-0.15, -0.1) is 0 Å². The second-order valence-corrected chi connectivity index (χ2v) is 7.42. The molecular formula is C19H33NO. The van der Waals surface area contributed by atoms with Crippen molar-refractivity contribution in [2.24, 2.45) is 5.92 Å². The quantitative estimate of drug-likeness (QED) is 0.696. The van der Waals surface area contributed by atoms with Crippen molar-refractivity contribution >= 4 is 0 Å². The van der Waals surface area contributed by atoms with E-state index in [0.29, 0.717) is 6.04 Å². The summed E-state index contributed by atoms with van der Waals surface area (Å²) in [5, 5.41) is 3.54. The number of rotatable bonds is 8. The molecule has 0 aliphatic carbocycles. The number of nitrogens with one attached hydrogen (secondary N) is 1. The average Bonchev–Trinajstić information content (AvgIpc) is 2.40. The summed E-state index contributed by atoms with van der Waals surface area (Å²) in [5.74, 6) is 1.80. The first-order valence-electron chi connectivity index (χ1n) is 8.26. The Morgan fingerprint density at radius 1 is 1.05 bits per heavy atom. The molecule has 1 unspecified atom stereocenters. The molecule has 1 aromatic rings. The molecule has 0 spiro atoms. The molecular weight excluding hydrogens is 258 g/mol. The van der Waals surface area contributed by atoms with Gasteiger partial charge < -0.3 is 10.1 Å². The lowest BCUT2D eigenvalue weighted by molar-refractivity contribution is 0.296. The van der Waals surface area contributed by atoms with Gasteiger partial charge in [-0.3, -0.25) is 0 Å². The first-order valence-corrected chi connectivity index (χ1v) is 8.26. The van der Waals surface area contributed by atoms with E-state index in [1.165, 1.54) is 18.4 Å². The third-order valence-corrected chi connectivity index (χ3v) is 3.72. The van der Waals surface area contributed by atoms with Crippen LogP contribution in [-0.4, -0.2) is 19.2 Å². The van der Waals surface area contributed by atoms with Crippen molar-refractivity contribution < 1.29 is 4.74 Å². The molecule has 1 rings (SSSR count). The number of hydrogen-bond donors (Lipinski definition) is 1. The molecule has 2 nitrogen and oxygen atoms in total. The van der Waals surface area contributed by atoms with E-state index in [1.54, 1.807) is 0 Å². The van der Waals surface area contributed by atoms with Crippen molar-refractivity contribution in [1.82, 2.24) is 5.32 Å². The van der Waals surface area contributed by atoms with E-state index in [4.69, 9.17) is 4.74 Å². The van der Waals surface area contributed by atoms with E-state index in [-0.39, 0.29) is 5.41 Å². The molecule has 0 heterocycles. The Bertz CT molecular complexity index is 406. The first-order chi connectivity index (χ1) is 9.80. The molecule has 0 saturated carbocycles. The zero-order chi connectivity index (χ0) is 15.9. The predicted octanol–water partition coefficient (Wildman–Crippen LogP) is 4.78. The van der Waals surface area contributed by atoms with Gasteiger partial charge >= 0.3 is 0 Å². The van der Waals surface area contributed by atoms with Crippen LogP contribution in [0.25, 0.3) is 0 Å². The minimum absolute atomic E-state index is 0.120. The molecule has 1 atom stereocenters. The van der Waals surface area contributed by atoms with Crippen molar-refractivity contribution in [1.29, 1.82) is 0 Å². The smallest absolute Gasteiger partial charge is 0.123 e. The van der Waals surface area contributed by atoms with Gasteiger partial charge in [-0.25, -0.2) is 0 Å². The van der Waals surface area contributed by atoms with E-state index in [1.807, 2.05) is 6.07 Å². The topological polar surface area (TPSA) is 21.3 Å². The van der Waals surface area contributed by atoms with E-state index >= 15 is 0 Å². The Hall–Kier alpha value is -1.02. The minimum atomic E-state index is 0.120. The maximum atomic E-state index is 5.98. The van der Waals surface area contributed by atoms with Crippen LogP contribution in [0.1, 0.15) is 59.9 Å². The summed E-state index contributed by atoms with van der Waals surface area (Å²) in [7, 11) is 0. The van der Waals surface area contributed by atoms with Gasteiger partial charge in [0, 0.05) is 12.6 Å². The van der Waals surface area contributed by atoms with Crippen LogP contribution in [0.3, 0.4) is 0 Å². The Morgan fingerprint density at radius 3 is 2.33 bits per heavy atom. The Balaban J connectivity index is 2.37. The summed E-state index contributed by atoms with van der Waals surface area (Å²) in [4.78, 5) is 0. The molecule has 1 aromatic carbocycles. The number of ether oxygens (including phenoxy) is 1. The van der Waals surface area contributed by atoms with Crippen LogP contribution < -0.4 is 10.1 Å². The van der Waals surface area contributed by atoms with Crippen LogP contribution in [0.15, 0.2) is 24.3 Å². The van der Waals surface area contributed by atoms with Crippen LogP contribution in [0, 0.1) is 5.92 Å². The molecule has 2 heteroatoms. The normalized spacial score (nSPS) is 13.5. The van der Waals surface area contributed by atoms with Crippen molar-refractivity contribution in [2.75, 3.05) is 13.2 Å². The van der Waals surface area contributed by atoms with Crippen LogP contribution in [0.2, 0.25) is 0 Å². The SMILES string of the molecule is CC(C)CCC(C)NCCOc1ccccc1C(C)(C)C. The van der Waals surface area contributed by atoms with Gasteiger partial charge in [0.25, 0.3) is 0 Å². The lowest BCUT2D eigenvalue weighted by Crippen LogP contribution is -2.30. The molecule has 0 radical (unpaired) electrons. The third-order valence-electron chi connectivity index (χ3n) is 3.72. The maximum Gasteiger partial charge on any atom is 0.123 e. The molecule has 0 saturated heterocycles. The number of para-hydroxylation sites is 1. The number of benzene rings is 1. The Kier molecular flexibility index (Phi) is 7.24. The Morgan fingerprint density at radius 2 is 1.71 bits per heavy atom. The molecule has 0 aromatic heterocycles. The van der Waals surface area contributed by atoms with Gasteiger partial charge in [0.1, 0.15) is 12.4 Å². The zero-order valence-corrected chi connectivity index (χ0v) is 14.7. The van der Waals surface area contributed by atoms with Gasteiger partial charge in [0.15, 0.2) is 0 Å². The largest absolute Gasteiger partial charge is 0.492 e. The van der Waals surface area contributed by atoms with E-state index in [0.717, 1.165) is 24.8 Å². The average molecular weight is 291 g/mol. The van der Waals surface area contributed by atoms with Gasteiger partial charge in [0.05, 0.1) is 0 Å². The molecule has 21 heavy (non-hydrogen) atoms. The van der Waals surface area contributed by atoms with E-state index in [2.05, 4.69) is 65.1 Å². The van der Waals surface area contributed by atoms with Gasteiger partial charge in [-0.2, -0.15) is 0 Å². The summed E-state index contributed by atoms with van der Waals surface area (Å²) in [5.41, 5.74) is 1.40. The zero-order valence-electron chi connectivity index (χ0n) is 14.7. The molecule has 1 N–H and O–H groups in total. The number of hydrogen-bond acceptors (Lipinski definition) is 2. The lowest BCUT2D eigenvalue weighted by Gasteiger charge is -2.23. The first kappa shape index (κ1) is 18.0. The molecule has 0 aliphatic heterocycles. The van der Waals surface area contributed by atoms with Crippen LogP contribution in [0.4, 0.5) is 0 Å². The van der Waals surface area contributed by atoms with Crippen LogP contribution in [-0.2, 0) is 5.41 Å². The monoisotopic (exact) mass is 291 g/mol. The van der Waals surface area contributed by atoms with Gasteiger partial charge in [0.2, 0.25) is 0 Å². The highest BCUT2D eigenvalue weighted by atomic mass is 16.5. The third kappa shape index (κ3) is 6.99. The highest BCUT2D eigenvalue weighted by Crippen LogP contribution is 2.30. The highest BCUT2D eigenvalue weighted by molar-refractivity contribution is 5.38. The molecule has 0 bridgehead atoms. The Labute approximate surface area is 131 Å². The summed E-state index contributed by atoms with van der Waals surface area (Å²) in [6.45, 7) is 15.1. The van der Waals surface area contributed by atoms with Gasteiger partial charge in [-0.1, -0.05) is 52.8 Å². The molecule has 0 aliphatic rings. The second kappa shape index (κ2) is 8.43. The van der Waals surface area contributed by atoms with Crippen LogP contribution in [0.5, 0.6) is 5.75 Å². The summed E-state index contributed by atoms with van der Waals surface area (Å²) < 4.78 is 5.98. The fourth-order valence-electron chi connectivity index (χ4n) is 2.36. The maximum absolute atomic E-state index is 5.98. The fourth-order valence-corrected chi connectivity index (χ4v) is 2.36. The van der Waals surface area contributed by atoms with E-state index in [9.17, 15) is 0 Å². The second-order valence-electron chi connectivity index (χ2n) is 7.42. The van der Waals surface area contributed by atoms with Crippen molar-refractivity contribution in [3.8, 4) is 5.75 Å². The fraction of sp³-hybridized carbons (Fsp3) is 0.684. The van der Waals surface area contributed by atoms with Crippen molar-refractivity contribution in [3.63, 3.8) is 0 Å². The summed E-state index contributed by atoms with van der Waals surface area (Å²) >= 11 is 0. The predicted molar refractivity (Wildman–Crippen MR) is 92.2 cm³/mol. The van der Waals surface area contributed by atoms with E-state index < -0.39 is 0 Å². The van der Waals surface area contributed by atoms with Crippen molar-refractivity contribution in [3.05, 3.63) is 29.8 Å². The standard InChI is InChI=1S/C19H33NO/c1-15(2)11-12-16(3)20-13-14-21-18-10-8-7-9-17(18)19(4,5)6/h7-10,15-16,20H,11-14H2,1-6H3. The molecule has 0 fully saturated rings. The lowest BCUT2D eigenvalue weighted by atomic mass is 9.86. The minimum Gasteiger partial charge on any atom is -0.492 e. The van der Waals surface area contributed by atoms with Gasteiger partial charge in [-0.05, 0) is 42.7 Å². The highest BCUT2D eigenvalue weighted by Gasteiger charge is 2.18. The van der Waals surface area contributed by atoms with Crippen molar-refractivity contribution in [2.45, 2.75) is 65.8 Å². The molecule has 0 amide bonds. The summed E-state index contributed by atoms with van der Waals surface area (Å²) in [6.07, 6.45) is 2.51. The molecule has 120 valence electrons. The summed E-state index contributed by atoms with van der Waals surface area (Å²) in [6, 6.07) is 8.92.